The molecule has 1 N–H and O–H groups in total. The van der Waals surface area contributed by atoms with Crippen molar-refractivity contribution in [1.82, 2.24) is 9.78 Å². The fraction of sp³-hybridized carbons (Fsp3) is 0.471. The first kappa shape index (κ1) is 15.6. The van der Waals surface area contributed by atoms with Gasteiger partial charge in [-0.3, -0.25) is 4.68 Å². The molecule has 2 aromatic rings. The SMILES string of the molecule is CCCOc1ccccc1C(O)Cc1c(C)nn(C)c1C. The average Bonchev–Trinajstić information content (AvgIpc) is 2.72. The number of rotatable bonds is 6. The average molecular weight is 288 g/mol. The smallest absolute Gasteiger partial charge is 0.125 e. The van der Waals surface area contributed by atoms with Crippen LogP contribution in [0.5, 0.6) is 5.75 Å². The van der Waals surface area contributed by atoms with E-state index in [4.69, 9.17) is 4.74 Å². The van der Waals surface area contributed by atoms with Gasteiger partial charge in [0.2, 0.25) is 0 Å². The lowest BCUT2D eigenvalue weighted by Gasteiger charge is -2.16. The molecule has 21 heavy (non-hydrogen) atoms. The van der Waals surface area contributed by atoms with Crippen LogP contribution in [-0.4, -0.2) is 21.5 Å². The van der Waals surface area contributed by atoms with Gasteiger partial charge in [0.05, 0.1) is 18.4 Å². The zero-order chi connectivity index (χ0) is 15.4. The number of aliphatic hydroxyl groups excluding tert-OH is 1. The lowest BCUT2D eigenvalue weighted by Crippen LogP contribution is -2.07. The van der Waals surface area contributed by atoms with Crippen LogP contribution in [0.25, 0.3) is 0 Å². The van der Waals surface area contributed by atoms with Gasteiger partial charge in [-0.05, 0) is 31.9 Å². The highest BCUT2D eigenvalue weighted by molar-refractivity contribution is 5.37. The lowest BCUT2D eigenvalue weighted by atomic mass is 9.99. The molecule has 0 spiro atoms. The molecule has 4 heteroatoms. The lowest BCUT2D eigenvalue weighted by molar-refractivity contribution is 0.171. The summed E-state index contributed by atoms with van der Waals surface area (Å²) >= 11 is 0. The Hall–Kier alpha value is -1.81. The quantitative estimate of drug-likeness (QED) is 0.888. The summed E-state index contributed by atoms with van der Waals surface area (Å²) in [6.07, 6.45) is 0.920. The molecule has 0 radical (unpaired) electrons. The molecule has 0 saturated carbocycles. The van der Waals surface area contributed by atoms with E-state index in [9.17, 15) is 5.11 Å². The highest BCUT2D eigenvalue weighted by Crippen LogP contribution is 2.29. The van der Waals surface area contributed by atoms with Gasteiger partial charge in [0.25, 0.3) is 0 Å². The fourth-order valence-corrected chi connectivity index (χ4v) is 2.52. The van der Waals surface area contributed by atoms with Gasteiger partial charge in [0.1, 0.15) is 5.75 Å². The maximum atomic E-state index is 10.6. The van der Waals surface area contributed by atoms with E-state index in [1.54, 1.807) is 0 Å². The highest BCUT2D eigenvalue weighted by Gasteiger charge is 2.18. The molecule has 4 nitrogen and oxygen atoms in total. The van der Waals surface area contributed by atoms with Crippen LogP contribution in [0.15, 0.2) is 24.3 Å². The van der Waals surface area contributed by atoms with E-state index in [0.29, 0.717) is 13.0 Å². The van der Waals surface area contributed by atoms with E-state index in [2.05, 4.69) is 12.0 Å². The molecule has 1 heterocycles. The van der Waals surface area contributed by atoms with Crippen molar-refractivity contribution in [3.63, 3.8) is 0 Å². The summed E-state index contributed by atoms with van der Waals surface area (Å²) in [5, 5.41) is 15.0. The number of hydrogen-bond donors (Lipinski definition) is 1. The first-order valence-corrected chi connectivity index (χ1v) is 7.43. The third-order valence-corrected chi connectivity index (χ3v) is 3.80. The van der Waals surface area contributed by atoms with Crippen molar-refractivity contribution in [3.8, 4) is 5.75 Å². The molecule has 0 saturated heterocycles. The van der Waals surface area contributed by atoms with Crippen LogP contribution in [0.4, 0.5) is 0 Å². The molecular formula is C17H24N2O2. The van der Waals surface area contributed by atoms with Crippen molar-refractivity contribution in [1.29, 1.82) is 0 Å². The van der Waals surface area contributed by atoms with Gasteiger partial charge in [-0.25, -0.2) is 0 Å². The molecule has 0 aliphatic heterocycles. The summed E-state index contributed by atoms with van der Waals surface area (Å²) in [5.74, 6) is 0.769. The zero-order valence-corrected chi connectivity index (χ0v) is 13.3. The number of para-hydroxylation sites is 1. The molecular weight excluding hydrogens is 264 g/mol. The minimum Gasteiger partial charge on any atom is -0.493 e. The van der Waals surface area contributed by atoms with E-state index < -0.39 is 6.10 Å². The first-order chi connectivity index (χ1) is 10.0. The number of hydrogen-bond acceptors (Lipinski definition) is 3. The van der Waals surface area contributed by atoms with Gasteiger partial charge in [-0.2, -0.15) is 5.10 Å². The molecule has 1 atom stereocenters. The third-order valence-electron chi connectivity index (χ3n) is 3.80. The minimum absolute atomic E-state index is 0.554. The Morgan fingerprint density at radius 3 is 2.62 bits per heavy atom. The normalized spacial score (nSPS) is 12.4. The molecule has 0 fully saturated rings. The Labute approximate surface area is 126 Å². The molecule has 0 amide bonds. The summed E-state index contributed by atoms with van der Waals surface area (Å²) < 4.78 is 7.59. The van der Waals surface area contributed by atoms with E-state index >= 15 is 0 Å². The Kier molecular flexibility index (Phi) is 5.02. The number of ether oxygens (including phenoxy) is 1. The van der Waals surface area contributed by atoms with Crippen molar-refractivity contribution in [2.24, 2.45) is 7.05 Å². The van der Waals surface area contributed by atoms with Crippen molar-refractivity contribution in [2.45, 2.75) is 39.7 Å². The number of aryl methyl sites for hydroxylation is 2. The van der Waals surface area contributed by atoms with Gasteiger partial charge in [-0.1, -0.05) is 25.1 Å². The Bertz CT molecular complexity index is 605. The predicted octanol–water partition coefficient (Wildman–Crippen LogP) is 3.10. The van der Waals surface area contributed by atoms with Crippen LogP contribution in [-0.2, 0) is 13.5 Å². The highest BCUT2D eigenvalue weighted by atomic mass is 16.5. The van der Waals surface area contributed by atoms with Gasteiger partial charge in [0, 0.05) is 24.7 Å². The monoisotopic (exact) mass is 288 g/mol. The fourth-order valence-electron chi connectivity index (χ4n) is 2.52. The third kappa shape index (κ3) is 3.45. The molecule has 2 rings (SSSR count). The second-order valence-electron chi connectivity index (χ2n) is 5.38. The first-order valence-electron chi connectivity index (χ1n) is 7.43. The summed E-state index contributed by atoms with van der Waals surface area (Å²) in [6.45, 7) is 6.74. The summed E-state index contributed by atoms with van der Waals surface area (Å²) in [5.41, 5.74) is 4.02. The van der Waals surface area contributed by atoms with Crippen molar-refractivity contribution >= 4 is 0 Å². The van der Waals surface area contributed by atoms with Gasteiger partial charge in [0.15, 0.2) is 0 Å². The Balaban J connectivity index is 2.22. The number of benzene rings is 1. The molecule has 114 valence electrons. The van der Waals surface area contributed by atoms with E-state index in [0.717, 1.165) is 34.7 Å². The van der Waals surface area contributed by atoms with Crippen molar-refractivity contribution < 1.29 is 9.84 Å². The van der Waals surface area contributed by atoms with Crippen LogP contribution < -0.4 is 4.74 Å². The van der Waals surface area contributed by atoms with Crippen LogP contribution in [0.3, 0.4) is 0 Å². The van der Waals surface area contributed by atoms with Gasteiger partial charge >= 0.3 is 0 Å². The molecule has 0 aliphatic carbocycles. The second kappa shape index (κ2) is 6.76. The largest absolute Gasteiger partial charge is 0.493 e. The van der Waals surface area contributed by atoms with Crippen LogP contribution in [0.2, 0.25) is 0 Å². The summed E-state index contributed by atoms with van der Waals surface area (Å²) in [6, 6.07) is 7.70. The second-order valence-corrected chi connectivity index (χ2v) is 5.38. The van der Waals surface area contributed by atoms with Crippen LogP contribution in [0, 0.1) is 13.8 Å². The molecule has 0 aliphatic rings. The topological polar surface area (TPSA) is 47.3 Å². The van der Waals surface area contributed by atoms with Gasteiger partial charge in [-0.15, -0.1) is 0 Å². The van der Waals surface area contributed by atoms with Crippen LogP contribution in [0.1, 0.15) is 42.0 Å². The van der Waals surface area contributed by atoms with E-state index in [-0.39, 0.29) is 0 Å². The summed E-state index contributed by atoms with van der Waals surface area (Å²) in [4.78, 5) is 0. The molecule has 0 bridgehead atoms. The summed E-state index contributed by atoms with van der Waals surface area (Å²) in [7, 11) is 1.93. The maximum absolute atomic E-state index is 10.6. The van der Waals surface area contributed by atoms with Crippen molar-refractivity contribution in [2.75, 3.05) is 6.61 Å². The maximum Gasteiger partial charge on any atom is 0.125 e. The molecule has 1 aromatic carbocycles. The Morgan fingerprint density at radius 2 is 2.00 bits per heavy atom. The van der Waals surface area contributed by atoms with E-state index in [1.165, 1.54) is 0 Å². The van der Waals surface area contributed by atoms with Crippen molar-refractivity contribution in [3.05, 3.63) is 46.8 Å². The molecule has 1 unspecified atom stereocenters. The van der Waals surface area contributed by atoms with Gasteiger partial charge < -0.3 is 9.84 Å². The van der Waals surface area contributed by atoms with E-state index in [1.807, 2.05) is 49.8 Å². The standard InChI is InChI=1S/C17H24N2O2/c1-5-10-21-17-9-7-6-8-14(17)16(20)11-15-12(2)18-19(4)13(15)3/h6-9,16,20H,5,10-11H2,1-4H3. The Morgan fingerprint density at radius 1 is 1.29 bits per heavy atom. The van der Waals surface area contributed by atoms with Crippen LogP contribution >= 0.6 is 0 Å². The number of aromatic nitrogens is 2. The zero-order valence-electron chi connectivity index (χ0n) is 13.3. The minimum atomic E-state index is -0.584. The predicted molar refractivity (Wildman–Crippen MR) is 83.6 cm³/mol. The molecule has 1 aromatic heterocycles. The number of nitrogens with zero attached hydrogens (tertiary/aromatic N) is 2. The number of aliphatic hydroxyl groups is 1.